The van der Waals surface area contributed by atoms with E-state index in [-0.39, 0.29) is 20.1 Å². The number of aromatic nitrogens is 2. The average molecular weight is 692 g/mol. The number of fused-ring (bicyclic) bond motifs is 2. The van der Waals surface area contributed by atoms with Crippen LogP contribution in [0.25, 0.3) is 49.3 Å². The summed E-state index contributed by atoms with van der Waals surface area (Å²) in [6, 6.07) is 30.7. The minimum absolute atomic E-state index is 0. The normalized spacial score (nSPS) is 11.6. The predicted molar refractivity (Wildman–Crippen MR) is 159 cm³/mol. The van der Waals surface area contributed by atoms with Gasteiger partial charge in [-0.05, 0) is 65.3 Å². The maximum absolute atomic E-state index is 5.22. The van der Waals surface area contributed by atoms with E-state index in [9.17, 15) is 0 Å². The van der Waals surface area contributed by atoms with Gasteiger partial charge in [-0.1, -0.05) is 103 Å². The Morgan fingerprint density at radius 2 is 1.42 bits per heavy atom. The van der Waals surface area contributed by atoms with Crippen LogP contribution < -0.4 is 0 Å². The van der Waals surface area contributed by atoms with Gasteiger partial charge in [0.2, 0.25) is 0 Å². The fourth-order valence-electron chi connectivity index (χ4n) is 5.28. The quantitative estimate of drug-likeness (QED) is 0.165. The molecule has 0 unspecified atom stereocenters. The molecule has 2 aromatic heterocycles. The van der Waals surface area contributed by atoms with E-state index >= 15 is 0 Å². The van der Waals surface area contributed by atoms with Gasteiger partial charge in [-0.2, -0.15) is 0 Å². The van der Waals surface area contributed by atoms with Gasteiger partial charge in [-0.3, -0.25) is 16.3 Å². The van der Waals surface area contributed by atoms with Crippen LogP contribution in [0.2, 0.25) is 0 Å². The molecule has 38 heavy (non-hydrogen) atoms. The molecule has 0 aliphatic heterocycles. The van der Waals surface area contributed by atoms with Crippen LogP contribution in [-0.4, -0.2) is 9.55 Å². The van der Waals surface area contributed by atoms with Crippen molar-refractivity contribution in [2.45, 2.75) is 46.5 Å². The second-order valence-electron chi connectivity index (χ2n) is 10.5. The molecule has 2 nitrogen and oxygen atoms in total. The maximum atomic E-state index is 5.22. The molecular weight excluding hydrogens is 661 g/mol. The third-order valence-corrected chi connectivity index (χ3v) is 8.06. The van der Waals surface area contributed by atoms with Crippen molar-refractivity contribution in [3.05, 3.63) is 107 Å². The summed E-state index contributed by atoms with van der Waals surface area (Å²) >= 11 is 1.68. The zero-order chi connectivity index (χ0) is 25.7. The Morgan fingerprint density at radius 3 is 2.11 bits per heavy atom. The average Bonchev–Trinajstić information content (AvgIpc) is 3.49. The van der Waals surface area contributed by atoms with Crippen molar-refractivity contribution in [3.8, 4) is 28.2 Å². The van der Waals surface area contributed by atoms with Crippen molar-refractivity contribution in [2.75, 3.05) is 0 Å². The van der Waals surface area contributed by atoms with Gasteiger partial charge in [0.1, 0.15) is 0 Å². The van der Waals surface area contributed by atoms with E-state index in [2.05, 4.69) is 129 Å². The van der Waals surface area contributed by atoms with Gasteiger partial charge in [0.05, 0.1) is 16.9 Å². The van der Waals surface area contributed by atoms with Crippen LogP contribution in [0.3, 0.4) is 0 Å². The van der Waals surface area contributed by atoms with E-state index in [0.29, 0.717) is 11.8 Å². The van der Waals surface area contributed by atoms with Crippen LogP contribution in [0.1, 0.15) is 56.2 Å². The van der Waals surface area contributed by atoms with E-state index in [1.54, 1.807) is 11.3 Å². The van der Waals surface area contributed by atoms with Crippen LogP contribution in [-0.2, 0) is 20.1 Å². The molecule has 0 aliphatic carbocycles. The molecule has 0 N–H and O–H groups in total. The number of nitrogens with zero attached hydrogens (tertiary/aromatic N) is 2. The zero-order valence-electron chi connectivity index (χ0n) is 22.4. The third kappa shape index (κ3) is 4.56. The molecule has 0 fully saturated rings. The first-order valence-electron chi connectivity index (χ1n) is 13.0. The van der Waals surface area contributed by atoms with Gasteiger partial charge in [-0.25, -0.2) is 0 Å². The van der Waals surface area contributed by atoms with Crippen LogP contribution in [0.5, 0.6) is 0 Å². The molecule has 0 amide bonds. The molecule has 0 aliphatic rings. The van der Waals surface area contributed by atoms with Gasteiger partial charge in [0.15, 0.2) is 0 Å². The Kier molecular flexibility index (Phi) is 7.42. The van der Waals surface area contributed by atoms with Crippen LogP contribution in [0.15, 0.2) is 84.9 Å². The Bertz CT molecular complexity index is 1710. The van der Waals surface area contributed by atoms with Gasteiger partial charge in [0.25, 0.3) is 0 Å². The molecule has 6 aromatic rings. The third-order valence-electron chi connectivity index (χ3n) is 7.20. The van der Waals surface area contributed by atoms with Gasteiger partial charge in [-0.15, -0.1) is 11.5 Å². The molecule has 0 bridgehead atoms. The van der Waals surface area contributed by atoms with Gasteiger partial charge >= 0.3 is 0 Å². The first kappa shape index (κ1) is 26.6. The van der Waals surface area contributed by atoms with Crippen molar-refractivity contribution >= 4 is 32.5 Å². The number of benzene rings is 4. The van der Waals surface area contributed by atoms with Crippen LogP contribution in [0, 0.1) is 12.3 Å². The molecular formula is C34H31IrN2S-. The predicted octanol–water partition coefficient (Wildman–Crippen LogP) is 9.93. The minimum atomic E-state index is 0. The molecule has 0 atom stereocenters. The van der Waals surface area contributed by atoms with Gasteiger partial charge < -0.3 is 4.57 Å². The van der Waals surface area contributed by atoms with E-state index in [1.807, 2.05) is 0 Å². The number of rotatable bonds is 5. The van der Waals surface area contributed by atoms with Gasteiger partial charge in [0, 0.05) is 25.8 Å². The van der Waals surface area contributed by atoms with E-state index in [4.69, 9.17) is 4.98 Å². The summed E-state index contributed by atoms with van der Waals surface area (Å²) in [5.74, 6) is 1.65. The van der Waals surface area contributed by atoms with Crippen molar-refractivity contribution < 1.29 is 20.1 Å². The summed E-state index contributed by atoms with van der Waals surface area (Å²) in [5.41, 5.74) is 10.9. The summed E-state index contributed by atoms with van der Waals surface area (Å²) in [4.78, 5) is 5.22. The van der Waals surface area contributed by atoms with Crippen molar-refractivity contribution in [1.82, 2.24) is 9.55 Å². The first-order valence-corrected chi connectivity index (χ1v) is 13.9. The molecule has 4 heteroatoms. The topological polar surface area (TPSA) is 17.8 Å². The summed E-state index contributed by atoms with van der Waals surface area (Å²) in [5, 5.41) is 4.83. The fraction of sp³-hybridized carbons (Fsp3) is 0.206. The number of thiophene rings is 1. The second-order valence-corrected chi connectivity index (χ2v) is 11.4. The van der Waals surface area contributed by atoms with Crippen LogP contribution >= 0.6 is 11.3 Å². The molecule has 1 radical (unpaired) electrons. The maximum Gasteiger partial charge on any atom is 0.0774 e. The summed E-state index contributed by atoms with van der Waals surface area (Å²) in [7, 11) is 0. The molecule has 0 spiro atoms. The first-order chi connectivity index (χ1) is 17.9. The minimum Gasteiger partial charge on any atom is -0.333 e. The Morgan fingerprint density at radius 1 is 0.763 bits per heavy atom. The van der Waals surface area contributed by atoms with Crippen molar-refractivity contribution in [1.29, 1.82) is 0 Å². The Hall–Kier alpha value is -3.04. The number of hydrogen-bond donors (Lipinski definition) is 0. The fourth-order valence-corrected chi connectivity index (χ4v) is 6.22. The monoisotopic (exact) mass is 692 g/mol. The largest absolute Gasteiger partial charge is 0.333 e. The van der Waals surface area contributed by atoms with E-state index < -0.39 is 0 Å². The standard InChI is InChI=1S/C34H31N2S.Ir/c1-21(2)27-18-25(24-11-7-6-8-12-24)19-28(22(3)4)33(27)36-31-14-10-9-13-30(31)35-34(36)29-20-37-32-17-23(5)15-16-26(29)32;/h6-19,21-22H,1-5H3;/q-1;. The summed E-state index contributed by atoms with van der Waals surface area (Å²) < 4.78 is 3.66. The number of hydrogen-bond acceptors (Lipinski definition) is 2. The zero-order valence-corrected chi connectivity index (χ0v) is 25.6. The van der Waals surface area contributed by atoms with Crippen LogP contribution in [0.4, 0.5) is 0 Å². The number of imidazole rings is 1. The Labute approximate surface area is 242 Å². The summed E-state index contributed by atoms with van der Waals surface area (Å²) in [6.45, 7) is 11.3. The Balaban J connectivity index is 0.00000294. The molecule has 0 saturated heterocycles. The molecule has 193 valence electrons. The second kappa shape index (κ2) is 10.6. The molecule has 2 heterocycles. The smallest absolute Gasteiger partial charge is 0.0774 e. The van der Waals surface area contributed by atoms with E-state index in [0.717, 1.165) is 22.4 Å². The SMILES string of the molecule is Cc1ccc2c(-c3nc4ccccc4n3-c3c(C(C)C)cc(-c4ccccc4)cc3C(C)C)[c-]sc2c1.[Ir]. The van der Waals surface area contributed by atoms with Crippen molar-refractivity contribution in [2.24, 2.45) is 0 Å². The van der Waals surface area contributed by atoms with E-state index in [1.165, 1.54) is 43.6 Å². The number of para-hydroxylation sites is 2. The van der Waals surface area contributed by atoms with Crippen molar-refractivity contribution in [3.63, 3.8) is 0 Å². The molecule has 4 aromatic carbocycles. The molecule has 0 saturated carbocycles. The number of aryl methyl sites for hydroxylation is 1. The summed E-state index contributed by atoms with van der Waals surface area (Å²) in [6.07, 6.45) is 0. The molecule has 6 rings (SSSR count).